The molecule has 1 aliphatic heterocycles. The Labute approximate surface area is 194 Å². The van der Waals surface area contributed by atoms with Gasteiger partial charge in [0.15, 0.2) is 0 Å². The number of pyridine rings is 1. The molecule has 180 valence electrons. The number of rotatable bonds is 5. The molecule has 1 atom stereocenters. The van der Waals surface area contributed by atoms with Gasteiger partial charge in [-0.25, -0.2) is 9.78 Å². The smallest absolute Gasteiger partial charge is 0.410 e. The van der Waals surface area contributed by atoms with Gasteiger partial charge in [-0.1, -0.05) is 0 Å². The second-order valence-corrected chi connectivity index (χ2v) is 8.10. The number of hydrogen-bond donors (Lipinski definition) is 2. The molecule has 1 aromatic carbocycles. The van der Waals surface area contributed by atoms with Gasteiger partial charge >= 0.3 is 12.3 Å². The number of piperazine rings is 1. The number of aromatic amines is 1. The molecular formula is C23H25F3N6O2. The molecule has 4 rings (SSSR count). The van der Waals surface area contributed by atoms with Crippen molar-refractivity contribution in [3.05, 3.63) is 59.9 Å². The van der Waals surface area contributed by atoms with E-state index in [1.165, 1.54) is 13.1 Å². The van der Waals surface area contributed by atoms with Crippen LogP contribution in [-0.4, -0.2) is 58.9 Å². The van der Waals surface area contributed by atoms with Gasteiger partial charge in [0, 0.05) is 62.8 Å². The highest BCUT2D eigenvalue weighted by atomic mass is 19.4. The number of nitrogens with zero attached hydrogens (tertiary/aromatic N) is 4. The Morgan fingerprint density at radius 1 is 1.21 bits per heavy atom. The molecule has 2 aromatic heterocycles. The van der Waals surface area contributed by atoms with Gasteiger partial charge in [-0.05, 0) is 43.3 Å². The Morgan fingerprint density at radius 3 is 2.59 bits per heavy atom. The Bertz CT molecular complexity index is 1110. The Morgan fingerprint density at radius 2 is 1.97 bits per heavy atom. The van der Waals surface area contributed by atoms with Crippen molar-refractivity contribution in [3.8, 4) is 17.0 Å². The van der Waals surface area contributed by atoms with E-state index in [1.54, 1.807) is 12.1 Å². The summed E-state index contributed by atoms with van der Waals surface area (Å²) >= 11 is 0. The van der Waals surface area contributed by atoms with Crippen LogP contribution in [0.5, 0.6) is 5.75 Å². The van der Waals surface area contributed by atoms with Crippen LogP contribution in [0.25, 0.3) is 11.3 Å². The molecule has 2 N–H and O–H groups in total. The van der Waals surface area contributed by atoms with Crippen LogP contribution in [0.15, 0.2) is 48.8 Å². The summed E-state index contributed by atoms with van der Waals surface area (Å²) in [5, 5.41) is 9.70. The zero-order chi connectivity index (χ0) is 24.3. The number of alkyl halides is 3. The van der Waals surface area contributed by atoms with Crippen molar-refractivity contribution in [2.45, 2.75) is 25.7 Å². The first-order valence-corrected chi connectivity index (χ1v) is 10.8. The summed E-state index contributed by atoms with van der Waals surface area (Å²) in [5.74, 6) is 0.977. The molecule has 1 unspecified atom stereocenters. The molecule has 34 heavy (non-hydrogen) atoms. The fraction of sp³-hybridized carbons (Fsp3) is 0.348. The molecule has 0 bridgehead atoms. The van der Waals surface area contributed by atoms with Crippen LogP contribution >= 0.6 is 0 Å². The predicted octanol–water partition coefficient (Wildman–Crippen LogP) is 3.92. The van der Waals surface area contributed by atoms with Crippen LogP contribution in [-0.2, 0) is 12.7 Å². The van der Waals surface area contributed by atoms with Crippen LogP contribution in [0.2, 0.25) is 0 Å². The van der Waals surface area contributed by atoms with Gasteiger partial charge in [-0.15, -0.1) is 0 Å². The molecule has 1 amide bonds. The lowest BCUT2D eigenvalue weighted by Crippen LogP contribution is -2.51. The molecule has 0 aliphatic carbocycles. The van der Waals surface area contributed by atoms with Gasteiger partial charge in [0.05, 0.1) is 11.3 Å². The highest BCUT2D eigenvalue weighted by Gasteiger charge is 2.32. The number of halogens is 3. The number of ether oxygens (including phenoxy) is 1. The molecular weight excluding hydrogens is 449 g/mol. The summed E-state index contributed by atoms with van der Waals surface area (Å²) in [6, 6.07) is 9.69. The number of benzene rings is 1. The van der Waals surface area contributed by atoms with E-state index < -0.39 is 17.8 Å². The molecule has 0 radical (unpaired) electrons. The highest BCUT2D eigenvalue weighted by molar-refractivity contribution is 5.70. The van der Waals surface area contributed by atoms with Crippen LogP contribution < -0.4 is 15.0 Å². The van der Waals surface area contributed by atoms with E-state index >= 15 is 0 Å². The minimum absolute atomic E-state index is 0.0782. The van der Waals surface area contributed by atoms with Crippen molar-refractivity contribution in [2.24, 2.45) is 0 Å². The number of anilines is 1. The van der Waals surface area contributed by atoms with Crippen molar-refractivity contribution in [1.82, 2.24) is 25.4 Å². The quantitative estimate of drug-likeness (QED) is 0.583. The first kappa shape index (κ1) is 23.6. The Balaban J connectivity index is 1.39. The lowest BCUT2D eigenvalue weighted by atomic mass is 10.1. The van der Waals surface area contributed by atoms with Crippen molar-refractivity contribution in [1.29, 1.82) is 0 Å². The van der Waals surface area contributed by atoms with Crippen molar-refractivity contribution in [3.63, 3.8) is 0 Å². The van der Waals surface area contributed by atoms with Gasteiger partial charge in [0.1, 0.15) is 11.6 Å². The molecule has 0 spiro atoms. The monoisotopic (exact) mass is 474 g/mol. The van der Waals surface area contributed by atoms with Crippen LogP contribution in [0.1, 0.15) is 18.1 Å². The van der Waals surface area contributed by atoms with Crippen molar-refractivity contribution in [2.75, 3.05) is 31.6 Å². The van der Waals surface area contributed by atoms with E-state index in [4.69, 9.17) is 4.74 Å². The average Bonchev–Trinajstić information content (AvgIpc) is 3.27. The van der Waals surface area contributed by atoms with E-state index in [-0.39, 0.29) is 6.04 Å². The van der Waals surface area contributed by atoms with Gasteiger partial charge in [-0.2, -0.15) is 18.3 Å². The molecule has 3 heterocycles. The van der Waals surface area contributed by atoms with E-state index in [2.05, 4.69) is 25.4 Å². The van der Waals surface area contributed by atoms with E-state index in [0.717, 1.165) is 42.2 Å². The summed E-state index contributed by atoms with van der Waals surface area (Å²) in [5.41, 5.74) is 1.98. The number of amides is 1. The fourth-order valence-corrected chi connectivity index (χ4v) is 4.01. The molecule has 1 fully saturated rings. The van der Waals surface area contributed by atoms with E-state index in [0.29, 0.717) is 24.7 Å². The van der Waals surface area contributed by atoms with Crippen LogP contribution in [0, 0.1) is 0 Å². The maximum Gasteiger partial charge on any atom is 0.417 e. The number of H-pyrrole nitrogens is 1. The molecule has 1 saturated heterocycles. The molecule has 8 nitrogen and oxygen atoms in total. The van der Waals surface area contributed by atoms with Crippen molar-refractivity contribution < 1.29 is 22.7 Å². The van der Waals surface area contributed by atoms with E-state index in [9.17, 15) is 18.0 Å². The molecule has 3 aromatic rings. The number of nitrogens with one attached hydrogen (secondary N) is 2. The third-order valence-corrected chi connectivity index (χ3v) is 5.74. The maximum absolute atomic E-state index is 12.8. The lowest BCUT2D eigenvalue weighted by molar-refractivity contribution is -0.137. The normalized spacial score (nSPS) is 17.0. The number of carbonyl (C=O) groups is 1. The number of aromatic nitrogens is 3. The lowest BCUT2D eigenvalue weighted by Gasteiger charge is -2.40. The van der Waals surface area contributed by atoms with Gasteiger partial charge in [-0.3, -0.25) is 10.00 Å². The third kappa shape index (κ3) is 5.30. The second kappa shape index (κ2) is 9.72. The van der Waals surface area contributed by atoms with Gasteiger partial charge in [0.25, 0.3) is 0 Å². The van der Waals surface area contributed by atoms with E-state index in [1.807, 2.05) is 30.2 Å². The van der Waals surface area contributed by atoms with Crippen molar-refractivity contribution >= 4 is 11.9 Å². The first-order valence-electron chi connectivity index (χ1n) is 10.8. The summed E-state index contributed by atoms with van der Waals surface area (Å²) in [6.07, 6.45) is -2.18. The third-order valence-electron chi connectivity index (χ3n) is 5.74. The summed E-state index contributed by atoms with van der Waals surface area (Å²) in [6.45, 7) is 4.81. The largest absolute Gasteiger partial charge is 0.417 e. The van der Waals surface area contributed by atoms with Crippen LogP contribution in [0.3, 0.4) is 0 Å². The molecule has 11 heteroatoms. The minimum Gasteiger partial charge on any atom is -0.410 e. The second-order valence-electron chi connectivity index (χ2n) is 8.10. The molecule has 1 aliphatic rings. The topological polar surface area (TPSA) is 86.4 Å². The number of carbonyl (C=O) groups excluding carboxylic acids is 1. The predicted molar refractivity (Wildman–Crippen MR) is 120 cm³/mol. The Hall–Kier alpha value is -3.60. The summed E-state index contributed by atoms with van der Waals surface area (Å²) in [4.78, 5) is 19.7. The maximum atomic E-state index is 12.8. The van der Waals surface area contributed by atoms with Gasteiger partial charge in [0.2, 0.25) is 0 Å². The number of hydrogen-bond acceptors (Lipinski definition) is 6. The summed E-state index contributed by atoms with van der Waals surface area (Å²) in [7, 11) is 1.49. The average molecular weight is 474 g/mol. The zero-order valence-corrected chi connectivity index (χ0v) is 18.8. The zero-order valence-electron chi connectivity index (χ0n) is 18.8. The fourth-order valence-electron chi connectivity index (χ4n) is 4.01. The first-order chi connectivity index (χ1) is 16.2. The minimum atomic E-state index is -4.39. The van der Waals surface area contributed by atoms with Gasteiger partial charge < -0.3 is 15.0 Å². The SMILES string of the molecule is CNC(=O)Oc1ccc(-c2n[nH]cc2CN2CCN(c3ccc(C(F)(F)F)cn3)C(C)C2)cc1. The summed E-state index contributed by atoms with van der Waals surface area (Å²) < 4.78 is 43.6. The van der Waals surface area contributed by atoms with Crippen LogP contribution in [0.4, 0.5) is 23.8 Å². The standard InChI is InChI=1S/C23H25F3N6O2/c1-15-13-31(9-10-32(15)20-8-5-18(12-28-20)23(24,25)26)14-17-11-29-30-21(17)16-3-6-19(7-4-16)34-22(33)27-2/h3-8,11-12,15H,9-10,13-14H2,1-2H3,(H,27,33)(H,29,30). The molecule has 0 saturated carbocycles. The Kier molecular flexibility index (Phi) is 6.73. The highest BCUT2D eigenvalue weighted by Crippen LogP contribution is 2.30.